The minimum absolute atomic E-state index is 0.0101. The van der Waals surface area contributed by atoms with Crippen molar-refractivity contribution in [2.24, 2.45) is 0 Å². The van der Waals surface area contributed by atoms with Gasteiger partial charge in [-0.3, -0.25) is 4.79 Å². The Kier molecular flexibility index (Phi) is 5.81. The van der Waals surface area contributed by atoms with Crippen molar-refractivity contribution < 1.29 is 14.3 Å². The molecule has 0 bridgehead atoms. The van der Waals surface area contributed by atoms with E-state index in [9.17, 15) is 4.79 Å². The van der Waals surface area contributed by atoms with Gasteiger partial charge in [0, 0.05) is 12.1 Å². The molecule has 1 aromatic heterocycles. The summed E-state index contributed by atoms with van der Waals surface area (Å²) in [5, 5.41) is 8.30. The number of hydrogen-bond donors (Lipinski definition) is 0. The van der Waals surface area contributed by atoms with Gasteiger partial charge in [-0.1, -0.05) is 17.8 Å². The third kappa shape index (κ3) is 3.92. The molecule has 2 rings (SSSR count). The SMILES string of the molecule is C=CCn1cnnc1S[C@@H](C)C(=O)c1ccc(OC)c(OC)c1. The topological polar surface area (TPSA) is 66.2 Å². The zero-order valence-corrected chi connectivity index (χ0v) is 14.2. The first-order chi connectivity index (χ1) is 11.1. The maximum Gasteiger partial charge on any atom is 0.191 e. The highest BCUT2D eigenvalue weighted by Crippen LogP contribution is 2.30. The average molecular weight is 333 g/mol. The molecule has 1 heterocycles. The van der Waals surface area contributed by atoms with Crippen molar-refractivity contribution in [2.45, 2.75) is 23.9 Å². The van der Waals surface area contributed by atoms with Gasteiger partial charge in [-0.15, -0.1) is 16.8 Å². The lowest BCUT2D eigenvalue weighted by atomic mass is 10.1. The molecular formula is C16H19N3O3S. The Morgan fingerprint density at radius 2 is 2.13 bits per heavy atom. The molecule has 2 aromatic rings. The Morgan fingerprint density at radius 3 is 2.78 bits per heavy atom. The van der Waals surface area contributed by atoms with Crippen LogP contribution in [0, 0.1) is 0 Å². The van der Waals surface area contributed by atoms with E-state index in [1.165, 1.54) is 11.8 Å². The lowest BCUT2D eigenvalue weighted by molar-refractivity contribution is 0.0993. The van der Waals surface area contributed by atoms with E-state index in [1.54, 1.807) is 44.8 Å². The van der Waals surface area contributed by atoms with Crippen molar-refractivity contribution in [3.8, 4) is 11.5 Å². The Bertz CT molecular complexity index is 700. The molecule has 0 spiro atoms. The van der Waals surface area contributed by atoms with Crippen molar-refractivity contribution in [3.05, 3.63) is 42.7 Å². The van der Waals surface area contributed by atoms with Crippen LogP contribution in [-0.2, 0) is 6.54 Å². The zero-order valence-electron chi connectivity index (χ0n) is 13.4. The summed E-state index contributed by atoms with van der Waals surface area (Å²) in [4.78, 5) is 12.6. The molecule has 0 aliphatic heterocycles. The smallest absolute Gasteiger partial charge is 0.191 e. The fraction of sp³-hybridized carbons (Fsp3) is 0.312. The largest absolute Gasteiger partial charge is 0.493 e. The van der Waals surface area contributed by atoms with Crippen LogP contribution < -0.4 is 9.47 Å². The fourth-order valence-corrected chi connectivity index (χ4v) is 2.95. The van der Waals surface area contributed by atoms with Gasteiger partial charge >= 0.3 is 0 Å². The van der Waals surface area contributed by atoms with E-state index in [-0.39, 0.29) is 11.0 Å². The van der Waals surface area contributed by atoms with Crippen LogP contribution in [0.15, 0.2) is 42.3 Å². The van der Waals surface area contributed by atoms with Crippen LogP contribution >= 0.6 is 11.8 Å². The van der Waals surface area contributed by atoms with E-state index < -0.39 is 0 Å². The van der Waals surface area contributed by atoms with E-state index in [0.29, 0.717) is 28.8 Å². The second-order valence-electron chi connectivity index (χ2n) is 4.75. The van der Waals surface area contributed by atoms with Crippen molar-refractivity contribution >= 4 is 17.5 Å². The number of carbonyl (C=O) groups excluding carboxylic acids is 1. The summed E-state index contributed by atoms with van der Waals surface area (Å²) in [6, 6.07) is 5.14. The van der Waals surface area contributed by atoms with E-state index in [1.807, 2.05) is 11.5 Å². The van der Waals surface area contributed by atoms with Gasteiger partial charge in [0.25, 0.3) is 0 Å². The van der Waals surface area contributed by atoms with Crippen molar-refractivity contribution in [2.75, 3.05) is 14.2 Å². The molecule has 7 heteroatoms. The third-order valence-corrected chi connectivity index (χ3v) is 4.32. The summed E-state index contributed by atoms with van der Waals surface area (Å²) in [6.07, 6.45) is 3.38. The number of aromatic nitrogens is 3. The highest BCUT2D eigenvalue weighted by Gasteiger charge is 2.20. The van der Waals surface area contributed by atoms with Crippen LogP contribution in [0.5, 0.6) is 11.5 Å². The molecule has 0 N–H and O–H groups in total. The summed E-state index contributed by atoms with van der Waals surface area (Å²) in [7, 11) is 3.10. The molecule has 6 nitrogen and oxygen atoms in total. The van der Waals surface area contributed by atoms with Gasteiger partial charge in [-0.05, 0) is 25.1 Å². The molecule has 0 aliphatic carbocycles. The van der Waals surface area contributed by atoms with E-state index >= 15 is 0 Å². The number of Topliss-reactive ketones (excluding diaryl/α,β-unsaturated/α-hetero) is 1. The summed E-state index contributed by atoms with van der Waals surface area (Å²) >= 11 is 1.36. The van der Waals surface area contributed by atoms with Crippen molar-refractivity contribution in [3.63, 3.8) is 0 Å². The predicted octanol–water partition coefficient (Wildman–Crippen LogP) is 2.84. The molecule has 0 fully saturated rings. The summed E-state index contributed by atoms with van der Waals surface area (Å²) in [6.45, 7) is 6.14. The lowest BCUT2D eigenvalue weighted by Crippen LogP contribution is -2.15. The summed E-state index contributed by atoms with van der Waals surface area (Å²) in [5.74, 6) is 1.12. The van der Waals surface area contributed by atoms with Gasteiger partial charge in [0.05, 0.1) is 19.5 Å². The van der Waals surface area contributed by atoms with Crippen LogP contribution in [0.25, 0.3) is 0 Å². The van der Waals surface area contributed by atoms with Crippen LogP contribution in [-0.4, -0.2) is 40.0 Å². The second kappa shape index (κ2) is 7.82. The number of thioether (sulfide) groups is 1. The number of rotatable bonds is 8. The fourth-order valence-electron chi connectivity index (χ4n) is 2.04. The first kappa shape index (κ1) is 17.1. The third-order valence-electron chi connectivity index (χ3n) is 3.23. The number of nitrogens with zero attached hydrogens (tertiary/aromatic N) is 3. The number of hydrogen-bond acceptors (Lipinski definition) is 6. The van der Waals surface area contributed by atoms with Gasteiger partial charge in [-0.25, -0.2) is 0 Å². The van der Waals surface area contributed by atoms with Crippen molar-refractivity contribution in [1.82, 2.24) is 14.8 Å². The first-order valence-corrected chi connectivity index (χ1v) is 7.90. The summed E-state index contributed by atoms with van der Waals surface area (Å²) < 4.78 is 12.3. The monoisotopic (exact) mass is 333 g/mol. The van der Waals surface area contributed by atoms with Crippen LogP contribution in [0.4, 0.5) is 0 Å². The highest BCUT2D eigenvalue weighted by molar-refractivity contribution is 8.00. The van der Waals surface area contributed by atoms with Gasteiger partial charge in [0.1, 0.15) is 6.33 Å². The Labute approximate surface area is 139 Å². The number of ether oxygens (including phenoxy) is 2. The molecule has 0 aliphatic rings. The molecule has 1 aromatic carbocycles. The van der Waals surface area contributed by atoms with Crippen molar-refractivity contribution in [1.29, 1.82) is 0 Å². The van der Waals surface area contributed by atoms with E-state index in [2.05, 4.69) is 16.8 Å². The Morgan fingerprint density at radius 1 is 1.39 bits per heavy atom. The number of ketones is 1. The predicted molar refractivity (Wildman–Crippen MR) is 89.4 cm³/mol. The molecule has 122 valence electrons. The van der Waals surface area contributed by atoms with Gasteiger partial charge in [-0.2, -0.15) is 0 Å². The van der Waals surface area contributed by atoms with Crippen LogP contribution in [0.1, 0.15) is 17.3 Å². The minimum Gasteiger partial charge on any atom is -0.493 e. The molecular weight excluding hydrogens is 314 g/mol. The normalized spacial score (nSPS) is 11.8. The molecule has 23 heavy (non-hydrogen) atoms. The average Bonchev–Trinajstić information content (AvgIpc) is 3.00. The molecule has 0 saturated carbocycles. The maximum absolute atomic E-state index is 12.6. The minimum atomic E-state index is -0.305. The molecule has 0 amide bonds. The van der Waals surface area contributed by atoms with Gasteiger partial charge in [0.15, 0.2) is 22.4 Å². The number of benzene rings is 1. The van der Waals surface area contributed by atoms with Crippen LogP contribution in [0.2, 0.25) is 0 Å². The number of methoxy groups -OCH3 is 2. The Balaban J connectivity index is 2.16. The van der Waals surface area contributed by atoms with Crippen LogP contribution in [0.3, 0.4) is 0 Å². The molecule has 0 unspecified atom stereocenters. The standard InChI is InChI=1S/C16H19N3O3S/c1-5-8-19-10-17-18-16(19)23-11(2)15(20)12-6-7-13(21-3)14(9-12)22-4/h5-7,9-11H,1,8H2,2-4H3/t11-/m0/s1. The van der Waals surface area contributed by atoms with Gasteiger partial charge in [0.2, 0.25) is 0 Å². The quantitative estimate of drug-likeness (QED) is 0.420. The Hall–Kier alpha value is -2.28. The number of allylic oxidation sites excluding steroid dienone is 1. The molecule has 1 atom stereocenters. The zero-order chi connectivity index (χ0) is 16.8. The first-order valence-electron chi connectivity index (χ1n) is 7.02. The number of carbonyl (C=O) groups is 1. The van der Waals surface area contributed by atoms with E-state index in [0.717, 1.165) is 0 Å². The van der Waals surface area contributed by atoms with Gasteiger partial charge < -0.3 is 14.0 Å². The molecule has 0 saturated heterocycles. The highest BCUT2D eigenvalue weighted by atomic mass is 32.2. The lowest BCUT2D eigenvalue weighted by Gasteiger charge is -2.12. The second-order valence-corrected chi connectivity index (χ2v) is 6.06. The summed E-state index contributed by atoms with van der Waals surface area (Å²) in [5.41, 5.74) is 0.567. The maximum atomic E-state index is 12.6. The molecule has 0 radical (unpaired) electrons. The van der Waals surface area contributed by atoms with E-state index in [4.69, 9.17) is 9.47 Å².